The molecular formula is C11H11NO2. The van der Waals surface area contributed by atoms with E-state index in [-0.39, 0.29) is 5.97 Å². The van der Waals surface area contributed by atoms with Gasteiger partial charge >= 0.3 is 5.97 Å². The molecule has 0 aliphatic carbocycles. The predicted molar refractivity (Wildman–Crippen MR) is 51.5 cm³/mol. The maximum absolute atomic E-state index is 10.5. The first-order valence-electron chi connectivity index (χ1n) is 4.35. The standard InChI is InChI=1S/C11H11NO2/c1-9(13)14-7-6-10-4-2-3-5-11(10)8-12/h2-5H,6-7H2,1H3. The summed E-state index contributed by atoms with van der Waals surface area (Å²) in [7, 11) is 0. The Morgan fingerprint density at radius 2 is 2.21 bits per heavy atom. The second-order valence-corrected chi connectivity index (χ2v) is 2.86. The minimum Gasteiger partial charge on any atom is -0.466 e. The van der Waals surface area contributed by atoms with Gasteiger partial charge in [-0.25, -0.2) is 0 Å². The zero-order chi connectivity index (χ0) is 10.4. The molecule has 0 bridgehead atoms. The number of carbonyl (C=O) groups excluding carboxylic acids is 1. The van der Waals surface area contributed by atoms with Crippen LogP contribution in [0.2, 0.25) is 0 Å². The topological polar surface area (TPSA) is 50.1 Å². The van der Waals surface area contributed by atoms with E-state index in [1.807, 2.05) is 18.2 Å². The average Bonchev–Trinajstić information content (AvgIpc) is 2.18. The molecule has 0 saturated heterocycles. The van der Waals surface area contributed by atoms with Gasteiger partial charge in [0.05, 0.1) is 18.2 Å². The Hall–Kier alpha value is -1.82. The molecule has 1 aromatic carbocycles. The van der Waals surface area contributed by atoms with E-state index in [2.05, 4.69) is 6.07 Å². The number of hydrogen-bond acceptors (Lipinski definition) is 3. The molecule has 0 aliphatic rings. The van der Waals surface area contributed by atoms with Crippen molar-refractivity contribution in [2.75, 3.05) is 6.61 Å². The number of rotatable bonds is 3. The lowest BCUT2D eigenvalue weighted by Crippen LogP contribution is -2.04. The normalized spacial score (nSPS) is 9.14. The highest BCUT2D eigenvalue weighted by Gasteiger charge is 2.01. The van der Waals surface area contributed by atoms with Gasteiger partial charge < -0.3 is 4.74 Å². The first-order valence-corrected chi connectivity index (χ1v) is 4.35. The van der Waals surface area contributed by atoms with E-state index in [0.29, 0.717) is 18.6 Å². The summed E-state index contributed by atoms with van der Waals surface area (Å²) >= 11 is 0. The summed E-state index contributed by atoms with van der Waals surface area (Å²) in [6.07, 6.45) is 0.587. The van der Waals surface area contributed by atoms with Gasteiger partial charge in [0.1, 0.15) is 0 Å². The highest BCUT2D eigenvalue weighted by Crippen LogP contribution is 2.07. The van der Waals surface area contributed by atoms with E-state index in [0.717, 1.165) is 5.56 Å². The minimum atomic E-state index is -0.292. The maximum atomic E-state index is 10.5. The van der Waals surface area contributed by atoms with Crippen LogP contribution in [0.3, 0.4) is 0 Å². The van der Waals surface area contributed by atoms with Crippen molar-refractivity contribution in [2.45, 2.75) is 13.3 Å². The molecular weight excluding hydrogens is 178 g/mol. The Kier molecular flexibility index (Phi) is 3.69. The molecule has 0 heterocycles. The summed E-state index contributed by atoms with van der Waals surface area (Å²) in [4.78, 5) is 10.5. The highest BCUT2D eigenvalue weighted by atomic mass is 16.5. The largest absolute Gasteiger partial charge is 0.466 e. The van der Waals surface area contributed by atoms with Crippen LogP contribution in [-0.2, 0) is 16.0 Å². The van der Waals surface area contributed by atoms with Crippen molar-refractivity contribution in [3.63, 3.8) is 0 Å². The summed E-state index contributed by atoms with van der Waals surface area (Å²) in [6, 6.07) is 9.39. The van der Waals surface area contributed by atoms with Gasteiger partial charge in [0.15, 0.2) is 0 Å². The fourth-order valence-electron chi connectivity index (χ4n) is 1.15. The molecule has 0 N–H and O–H groups in total. The lowest BCUT2D eigenvalue weighted by atomic mass is 10.1. The second-order valence-electron chi connectivity index (χ2n) is 2.86. The fraction of sp³-hybridized carbons (Fsp3) is 0.273. The Bertz CT molecular complexity index is 366. The SMILES string of the molecule is CC(=O)OCCc1ccccc1C#N. The zero-order valence-electron chi connectivity index (χ0n) is 7.99. The molecule has 1 rings (SSSR count). The molecule has 1 aromatic rings. The number of benzene rings is 1. The summed E-state index contributed by atoms with van der Waals surface area (Å²) in [5.74, 6) is -0.292. The van der Waals surface area contributed by atoms with E-state index in [4.69, 9.17) is 10.00 Å². The summed E-state index contributed by atoms with van der Waals surface area (Å²) in [6.45, 7) is 1.70. The Morgan fingerprint density at radius 3 is 2.86 bits per heavy atom. The Balaban J connectivity index is 2.59. The van der Waals surface area contributed by atoms with Gasteiger partial charge in [-0.1, -0.05) is 18.2 Å². The van der Waals surface area contributed by atoms with Gasteiger partial charge in [-0.15, -0.1) is 0 Å². The molecule has 0 unspecified atom stereocenters. The van der Waals surface area contributed by atoms with Crippen molar-refractivity contribution in [2.24, 2.45) is 0 Å². The fourth-order valence-corrected chi connectivity index (χ4v) is 1.15. The summed E-state index contributed by atoms with van der Waals surface area (Å²) < 4.78 is 4.80. The van der Waals surface area contributed by atoms with Crippen molar-refractivity contribution >= 4 is 5.97 Å². The first kappa shape index (κ1) is 10.3. The molecule has 0 atom stereocenters. The van der Waals surface area contributed by atoms with Gasteiger partial charge in [-0.2, -0.15) is 5.26 Å². The third kappa shape index (κ3) is 2.91. The van der Waals surface area contributed by atoms with Crippen molar-refractivity contribution in [1.82, 2.24) is 0 Å². The molecule has 3 heteroatoms. The molecule has 72 valence electrons. The van der Waals surface area contributed by atoms with Gasteiger partial charge in [-0.05, 0) is 11.6 Å². The maximum Gasteiger partial charge on any atom is 0.302 e. The number of hydrogen-bond donors (Lipinski definition) is 0. The molecule has 0 saturated carbocycles. The first-order chi connectivity index (χ1) is 6.74. The zero-order valence-corrected chi connectivity index (χ0v) is 7.99. The lowest BCUT2D eigenvalue weighted by Gasteiger charge is -2.03. The van der Waals surface area contributed by atoms with Crippen LogP contribution in [0.15, 0.2) is 24.3 Å². The van der Waals surface area contributed by atoms with E-state index in [9.17, 15) is 4.79 Å². The van der Waals surface area contributed by atoms with Crippen LogP contribution in [0.5, 0.6) is 0 Å². The van der Waals surface area contributed by atoms with E-state index >= 15 is 0 Å². The van der Waals surface area contributed by atoms with Crippen LogP contribution < -0.4 is 0 Å². The van der Waals surface area contributed by atoms with Gasteiger partial charge in [-0.3, -0.25) is 4.79 Å². The van der Waals surface area contributed by atoms with E-state index in [1.54, 1.807) is 6.07 Å². The van der Waals surface area contributed by atoms with Crippen molar-refractivity contribution in [1.29, 1.82) is 5.26 Å². The van der Waals surface area contributed by atoms with Crippen LogP contribution in [0.25, 0.3) is 0 Å². The number of carbonyl (C=O) groups is 1. The van der Waals surface area contributed by atoms with Crippen molar-refractivity contribution in [3.8, 4) is 6.07 Å². The Labute approximate surface area is 82.9 Å². The summed E-state index contributed by atoms with van der Waals surface area (Å²) in [5.41, 5.74) is 1.55. The Morgan fingerprint density at radius 1 is 1.50 bits per heavy atom. The number of ether oxygens (including phenoxy) is 1. The van der Waals surface area contributed by atoms with Crippen LogP contribution in [0.4, 0.5) is 0 Å². The molecule has 3 nitrogen and oxygen atoms in total. The van der Waals surface area contributed by atoms with Crippen LogP contribution >= 0.6 is 0 Å². The molecule has 0 amide bonds. The van der Waals surface area contributed by atoms with Gasteiger partial charge in [0.2, 0.25) is 0 Å². The quantitative estimate of drug-likeness (QED) is 0.679. The minimum absolute atomic E-state index is 0.292. The van der Waals surface area contributed by atoms with E-state index in [1.165, 1.54) is 6.92 Å². The van der Waals surface area contributed by atoms with E-state index < -0.39 is 0 Å². The second kappa shape index (κ2) is 5.03. The van der Waals surface area contributed by atoms with Crippen LogP contribution in [0.1, 0.15) is 18.1 Å². The number of nitrogens with zero attached hydrogens (tertiary/aromatic N) is 1. The van der Waals surface area contributed by atoms with Gasteiger partial charge in [0, 0.05) is 13.3 Å². The molecule has 0 aromatic heterocycles. The van der Waals surface area contributed by atoms with Crippen molar-refractivity contribution in [3.05, 3.63) is 35.4 Å². The van der Waals surface area contributed by atoms with Crippen LogP contribution in [0, 0.1) is 11.3 Å². The average molecular weight is 189 g/mol. The smallest absolute Gasteiger partial charge is 0.302 e. The number of esters is 1. The molecule has 0 radical (unpaired) electrons. The predicted octanol–water partition coefficient (Wildman–Crippen LogP) is 1.66. The van der Waals surface area contributed by atoms with Gasteiger partial charge in [0.25, 0.3) is 0 Å². The third-order valence-electron chi connectivity index (χ3n) is 1.81. The summed E-state index contributed by atoms with van der Waals surface area (Å²) in [5, 5.41) is 8.77. The lowest BCUT2D eigenvalue weighted by molar-refractivity contribution is -0.140. The monoisotopic (exact) mass is 189 g/mol. The highest BCUT2D eigenvalue weighted by molar-refractivity contribution is 5.65. The number of nitriles is 1. The molecule has 0 aliphatic heterocycles. The molecule has 0 fully saturated rings. The molecule has 14 heavy (non-hydrogen) atoms. The third-order valence-corrected chi connectivity index (χ3v) is 1.81. The van der Waals surface area contributed by atoms with Crippen molar-refractivity contribution < 1.29 is 9.53 Å². The molecule has 0 spiro atoms. The van der Waals surface area contributed by atoms with Crippen LogP contribution in [-0.4, -0.2) is 12.6 Å².